The van der Waals surface area contributed by atoms with E-state index in [2.05, 4.69) is 15.3 Å². The van der Waals surface area contributed by atoms with E-state index < -0.39 is 22.8 Å². The Morgan fingerprint density at radius 1 is 1.30 bits per heavy atom. The third-order valence-electron chi connectivity index (χ3n) is 3.92. The van der Waals surface area contributed by atoms with Crippen molar-refractivity contribution in [3.8, 4) is 11.8 Å². The van der Waals surface area contributed by atoms with Gasteiger partial charge in [-0.25, -0.2) is 14.8 Å². The molecule has 1 aromatic carbocycles. The van der Waals surface area contributed by atoms with Crippen molar-refractivity contribution in [2.75, 3.05) is 14.2 Å². The number of hydrogen-bond acceptors (Lipinski definition) is 8. The van der Waals surface area contributed by atoms with Crippen molar-refractivity contribution in [1.82, 2.24) is 15.3 Å². The fourth-order valence-corrected chi connectivity index (χ4v) is 2.66. The van der Waals surface area contributed by atoms with Crippen LogP contribution in [0.25, 0.3) is 11.0 Å². The summed E-state index contributed by atoms with van der Waals surface area (Å²) >= 11 is 0. The van der Waals surface area contributed by atoms with E-state index in [0.29, 0.717) is 0 Å². The monoisotopic (exact) mass is 378 g/mol. The van der Waals surface area contributed by atoms with Crippen LogP contribution >= 0.6 is 0 Å². The molecule has 0 aliphatic carbocycles. The lowest BCUT2D eigenvalue weighted by Gasteiger charge is -2.17. The van der Waals surface area contributed by atoms with Gasteiger partial charge in [0.1, 0.15) is 11.6 Å². The Kier molecular flexibility index (Phi) is 5.73. The highest BCUT2D eigenvalue weighted by Crippen LogP contribution is 2.33. The summed E-state index contributed by atoms with van der Waals surface area (Å²) < 4.78 is 10.2. The van der Waals surface area contributed by atoms with E-state index in [4.69, 9.17) is 9.47 Å². The van der Waals surface area contributed by atoms with E-state index in [-0.39, 0.29) is 46.0 Å². The minimum atomic E-state index is -1.29. The number of benzene rings is 1. The zero-order valence-electron chi connectivity index (χ0n) is 15.1. The molecule has 2 N–H and O–H groups in total. The summed E-state index contributed by atoms with van der Waals surface area (Å²) in [7, 11) is 2.70. The molecule has 1 atom stereocenters. The third kappa shape index (κ3) is 4.02. The third-order valence-corrected chi connectivity index (χ3v) is 3.92. The number of nitro benzene ring substituents is 1. The zero-order valence-corrected chi connectivity index (χ0v) is 15.1. The van der Waals surface area contributed by atoms with E-state index in [1.165, 1.54) is 34.1 Å². The van der Waals surface area contributed by atoms with Crippen LogP contribution in [-0.2, 0) is 16.0 Å². The molecule has 27 heavy (non-hydrogen) atoms. The first-order valence-electron chi connectivity index (χ1n) is 7.76. The molecule has 0 radical (unpaired) electrons. The van der Waals surface area contributed by atoms with Gasteiger partial charge in [-0.3, -0.25) is 14.9 Å². The molecule has 0 saturated carbocycles. The van der Waals surface area contributed by atoms with Gasteiger partial charge in [0.15, 0.2) is 0 Å². The number of carboxylic acid groups (broad SMARTS) is 1. The van der Waals surface area contributed by atoms with Crippen LogP contribution in [0, 0.1) is 17.0 Å². The standard InChI is InChI=1S/C16H18N4O7/c1-7-9(5-11(16(22)23)17-8(2)21)13-10(6-12(7)20(24)25)18-14(26-3)15(19-13)27-4/h6,11H,5H2,1-4H3,(H,17,21)(H,22,23)/t11-/m0/s1. The van der Waals surface area contributed by atoms with Crippen molar-refractivity contribution < 1.29 is 29.1 Å². The van der Waals surface area contributed by atoms with Crippen LogP contribution in [0.3, 0.4) is 0 Å². The predicted molar refractivity (Wildman–Crippen MR) is 93.0 cm³/mol. The van der Waals surface area contributed by atoms with E-state index in [9.17, 15) is 24.8 Å². The number of nitrogens with one attached hydrogen (secondary N) is 1. The number of nitro groups is 1. The number of hydrogen-bond donors (Lipinski definition) is 2. The van der Waals surface area contributed by atoms with Crippen molar-refractivity contribution in [1.29, 1.82) is 0 Å². The highest BCUT2D eigenvalue weighted by molar-refractivity contribution is 5.87. The summed E-state index contributed by atoms with van der Waals surface area (Å²) in [4.78, 5) is 42.1. The molecule has 11 nitrogen and oxygen atoms in total. The number of carbonyl (C=O) groups excluding carboxylic acids is 1. The molecular weight excluding hydrogens is 360 g/mol. The SMILES string of the molecule is COc1nc2cc([N+](=O)[O-])c(C)c(C[C@H](NC(C)=O)C(=O)O)c2nc1OC. The van der Waals surface area contributed by atoms with Crippen LogP contribution < -0.4 is 14.8 Å². The van der Waals surface area contributed by atoms with Crippen LogP contribution in [0.5, 0.6) is 11.8 Å². The van der Waals surface area contributed by atoms with Gasteiger partial charge in [-0.2, -0.15) is 0 Å². The molecule has 0 unspecified atom stereocenters. The molecule has 0 aliphatic rings. The number of nitrogens with zero attached hydrogens (tertiary/aromatic N) is 3. The Hall–Kier alpha value is -3.50. The molecule has 2 aromatic rings. The average molecular weight is 378 g/mol. The topological polar surface area (TPSA) is 154 Å². The summed E-state index contributed by atoms with van der Waals surface area (Å²) in [5.41, 5.74) is 0.629. The fourth-order valence-electron chi connectivity index (χ4n) is 2.66. The lowest BCUT2D eigenvalue weighted by molar-refractivity contribution is -0.385. The Labute approximate surface area is 153 Å². The van der Waals surface area contributed by atoms with E-state index in [1.807, 2.05) is 0 Å². The quantitative estimate of drug-likeness (QED) is 0.530. The van der Waals surface area contributed by atoms with Gasteiger partial charge < -0.3 is 19.9 Å². The summed E-state index contributed by atoms with van der Waals surface area (Å²) in [6.45, 7) is 2.67. The molecule has 144 valence electrons. The van der Waals surface area contributed by atoms with Crippen LogP contribution in [0.15, 0.2) is 6.07 Å². The van der Waals surface area contributed by atoms with Crippen molar-refractivity contribution in [3.05, 3.63) is 27.3 Å². The van der Waals surface area contributed by atoms with Crippen LogP contribution in [0.1, 0.15) is 18.1 Å². The maximum Gasteiger partial charge on any atom is 0.326 e. The van der Waals surface area contributed by atoms with Crippen molar-refractivity contribution in [2.24, 2.45) is 0 Å². The van der Waals surface area contributed by atoms with Gasteiger partial charge in [0.25, 0.3) is 17.4 Å². The lowest BCUT2D eigenvalue weighted by atomic mass is 9.97. The maximum absolute atomic E-state index is 11.5. The molecule has 0 fully saturated rings. The molecule has 0 aliphatic heterocycles. The second kappa shape index (κ2) is 7.81. The first kappa shape index (κ1) is 19.8. The number of fused-ring (bicyclic) bond motifs is 1. The minimum absolute atomic E-state index is 0.0331. The number of carboxylic acids is 1. The number of aromatic nitrogens is 2. The molecule has 11 heteroatoms. The molecule has 1 aromatic heterocycles. The number of carbonyl (C=O) groups is 2. The number of methoxy groups -OCH3 is 2. The first-order valence-corrected chi connectivity index (χ1v) is 7.76. The van der Waals surface area contributed by atoms with Gasteiger partial charge in [0, 0.05) is 25.0 Å². The number of aliphatic carboxylic acids is 1. The summed E-state index contributed by atoms with van der Waals surface area (Å²) in [5.74, 6) is -1.74. The Morgan fingerprint density at radius 3 is 2.37 bits per heavy atom. The highest BCUT2D eigenvalue weighted by Gasteiger charge is 2.27. The maximum atomic E-state index is 11.5. The van der Waals surface area contributed by atoms with Crippen molar-refractivity contribution >= 4 is 28.6 Å². The van der Waals surface area contributed by atoms with Gasteiger partial charge in [-0.1, -0.05) is 0 Å². The Balaban J connectivity index is 2.76. The van der Waals surface area contributed by atoms with Crippen LogP contribution in [-0.4, -0.2) is 52.1 Å². The lowest BCUT2D eigenvalue weighted by Crippen LogP contribution is -2.41. The molecule has 0 saturated heterocycles. The predicted octanol–water partition coefficient (Wildman–Crippen LogP) is 0.995. The van der Waals surface area contributed by atoms with Crippen molar-refractivity contribution in [3.63, 3.8) is 0 Å². The first-order chi connectivity index (χ1) is 12.7. The van der Waals surface area contributed by atoms with Crippen molar-refractivity contribution in [2.45, 2.75) is 26.3 Å². The fraction of sp³-hybridized carbons (Fsp3) is 0.375. The highest BCUT2D eigenvalue weighted by atomic mass is 16.6. The van der Waals surface area contributed by atoms with E-state index in [0.717, 1.165) is 0 Å². The molecule has 0 spiro atoms. The Morgan fingerprint density at radius 2 is 1.89 bits per heavy atom. The summed E-state index contributed by atoms with van der Waals surface area (Å²) in [5, 5.41) is 23.1. The summed E-state index contributed by atoms with van der Waals surface area (Å²) in [6, 6.07) is -0.0570. The van der Waals surface area contributed by atoms with Gasteiger partial charge in [-0.05, 0) is 12.5 Å². The van der Waals surface area contributed by atoms with Gasteiger partial charge in [0.05, 0.1) is 24.7 Å². The summed E-state index contributed by atoms with van der Waals surface area (Å²) in [6.07, 6.45) is -0.219. The van der Waals surface area contributed by atoms with Gasteiger partial charge >= 0.3 is 5.97 Å². The number of ether oxygens (including phenoxy) is 2. The molecule has 1 heterocycles. The molecular formula is C16H18N4O7. The minimum Gasteiger partial charge on any atom is -0.480 e. The normalized spacial score (nSPS) is 11.7. The molecule has 0 bridgehead atoms. The molecule has 2 rings (SSSR count). The largest absolute Gasteiger partial charge is 0.480 e. The molecule has 1 amide bonds. The second-order valence-corrected chi connectivity index (χ2v) is 5.66. The van der Waals surface area contributed by atoms with Crippen LogP contribution in [0.2, 0.25) is 0 Å². The van der Waals surface area contributed by atoms with E-state index >= 15 is 0 Å². The smallest absolute Gasteiger partial charge is 0.326 e. The van der Waals surface area contributed by atoms with E-state index in [1.54, 1.807) is 0 Å². The average Bonchev–Trinajstić information content (AvgIpc) is 2.60. The Bertz CT molecular complexity index is 929. The second-order valence-electron chi connectivity index (χ2n) is 5.66. The van der Waals surface area contributed by atoms with Crippen LogP contribution in [0.4, 0.5) is 5.69 Å². The zero-order chi connectivity index (χ0) is 20.3. The van der Waals surface area contributed by atoms with Gasteiger partial charge in [0.2, 0.25) is 5.91 Å². The number of amides is 1. The number of rotatable bonds is 7. The van der Waals surface area contributed by atoms with Gasteiger partial charge in [-0.15, -0.1) is 0 Å².